The van der Waals surface area contributed by atoms with Gasteiger partial charge in [-0.2, -0.15) is 9.67 Å². The summed E-state index contributed by atoms with van der Waals surface area (Å²) in [4.78, 5) is 17.0. The lowest BCUT2D eigenvalue weighted by molar-refractivity contribution is 0.0750. The van der Waals surface area contributed by atoms with Gasteiger partial charge >= 0.3 is 6.01 Å². The monoisotopic (exact) mass is 369 g/mol. The number of halogens is 2. The molecule has 0 spiro atoms. The number of benzene rings is 1. The summed E-state index contributed by atoms with van der Waals surface area (Å²) in [6, 6.07) is 5.81. The summed E-state index contributed by atoms with van der Waals surface area (Å²) in [7, 11) is 0. The Morgan fingerprint density at radius 2 is 2.12 bits per heavy atom. The summed E-state index contributed by atoms with van der Waals surface area (Å²) in [6.45, 7) is 6.48. The van der Waals surface area contributed by atoms with Gasteiger partial charge in [0, 0.05) is 18.1 Å². The summed E-state index contributed by atoms with van der Waals surface area (Å²) in [5.74, 6) is -0.479. The van der Waals surface area contributed by atoms with Gasteiger partial charge in [0.1, 0.15) is 12.4 Å². The van der Waals surface area contributed by atoms with E-state index in [4.69, 9.17) is 21.1 Å². The van der Waals surface area contributed by atoms with Gasteiger partial charge < -0.3 is 9.47 Å². The largest absolute Gasteiger partial charge is 0.460 e. The highest BCUT2D eigenvalue weighted by Crippen LogP contribution is 2.26. The molecule has 1 heterocycles. The molecule has 0 radical (unpaired) electrons. The molecule has 0 aliphatic rings. The number of carbonyl (C=O) groups excluding carboxylic acids is 1. The number of nitrogens with zero attached hydrogens (tertiary/aromatic N) is 3. The van der Waals surface area contributed by atoms with E-state index in [0.29, 0.717) is 18.8 Å². The summed E-state index contributed by atoms with van der Waals surface area (Å²) in [5, 5.41) is 4.13. The Kier molecular flexibility index (Phi) is 6.50. The molecular weight excluding hydrogens is 349 g/mol. The van der Waals surface area contributed by atoms with Gasteiger partial charge in [-0.25, -0.2) is 4.39 Å². The molecule has 0 aliphatic heterocycles. The Hall–Kier alpha value is -1.99. The van der Waals surface area contributed by atoms with Gasteiger partial charge in [-0.05, 0) is 32.9 Å². The van der Waals surface area contributed by atoms with Gasteiger partial charge in [-0.1, -0.05) is 12.1 Å². The topological polar surface area (TPSA) is 66.2 Å². The third-order valence-corrected chi connectivity index (χ3v) is 4.11. The van der Waals surface area contributed by atoms with Crippen LogP contribution in [0, 0.1) is 11.2 Å². The summed E-state index contributed by atoms with van der Waals surface area (Å²) in [5.41, 5.74) is -0.439. The smallest absolute Gasteiger partial charge is 0.336 e. The molecule has 0 atom stereocenters. The quantitative estimate of drug-likeness (QED) is 0.527. The van der Waals surface area contributed by atoms with Crippen LogP contribution in [0.5, 0.6) is 6.01 Å². The molecule has 0 amide bonds. The van der Waals surface area contributed by atoms with Crippen molar-refractivity contribution < 1.29 is 18.7 Å². The summed E-state index contributed by atoms with van der Waals surface area (Å²) >= 11 is 5.90. The standard InChI is InChI=1S/C17H21ClFN3O3/c1-4-24-8-9-25-16-20-14(12-6-5-7-13(19)10-12)22(21-16)15(23)17(2,3)11-18/h5-7,10H,4,8-9,11H2,1-3H3. The zero-order chi connectivity index (χ0) is 18.4. The zero-order valence-corrected chi connectivity index (χ0v) is 15.2. The Bertz CT molecular complexity index is 734. The molecule has 0 unspecified atom stereocenters. The number of hydrogen-bond acceptors (Lipinski definition) is 5. The summed E-state index contributed by atoms with van der Waals surface area (Å²) < 4.78 is 25.3. The van der Waals surface area contributed by atoms with E-state index in [1.807, 2.05) is 6.92 Å². The van der Waals surface area contributed by atoms with Crippen LogP contribution >= 0.6 is 11.6 Å². The number of carbonyl (C=O) groups is 1. The van der Waals surface area contributed by atoms with Crippen molar-refractivity contribution in [1.29, 1.82) is 0 Å². The second-order valence-corrected chi connectivity index (χ2v) is 6.28. The lowest BCUT2D eigenvalue weighted by Gasteiger charge is -2.19. The molecule has 25 heavy (non-hydrogen) atoms. The highest BCUT2D eigenvalue weighted by Gasteiger charge is 2.32. The average Bonchev–Trinajstić information content (AvgIpc) is 3.02. The number of aromatic nitrogens is 3. The minimum atomic E-state index is -0.861. The fourth-order valence-electron chi connectivity index (χ4n) is 1.99. The predicted octanol–water partition coefficient (Wildman–Crippen LogP) is 3.40. The highest BCUT2D eigenvalue weighted by atomic mass is 35.5. The van der Waals surface area contributed by atoms with Gasteiger partial charge in [0.2, 0.25) is 0 Å². The minimum absolute atomic E-state index is 0.0256. The molecule has 0 fully saturated rings. The fourth-order valence-corrected chi connectivity index (χ4v) is 2.10. The molecule has 0 saturated heterocycles. The van der Waals surface area contributed by atoms with Crippen molar-refractivity contribution in [2.24, 2.45) is 5.41 Å². The van der Waals surface area contributed by atoms with Crippen molar-refractivity contribution in [2.75, 3.05) is 25.7 Å². The van der Waals surface area contributed by atoms with Crippen molar-refractivity contribution in [2.45, 2.75) is 20.8 Å². The Balaban J connectivity index is 2.37. The first-order valence-electron chi connectivity index (χ1n) is 7.93. The fraction of sp³-hybridized carbons (Fsp3) is 0.471. The van der Waals surface area contributed by atoms with Crippen molar-refractivity contribution >= 4 is 17.5 Å². The highest BCUT2D eigenvalue weighted by molar-refractivity contribution is 6.20. The van der Waals surface area contributed by atoms with Crippen LogP contribution in [0.15, 0.2) is 24.3 Å². The molecule has 6 nitrogen and oxygen atoms in total. The van der Waals surface area contributed by atoms with E-state index in [-0.39, 0.29) is 30.2 Å². The lowest BCUT2D eigenvalue weighted by atomic mass is 9.95. The Morgan fingerprint density at radius 3 is 2.76 bits per heavy atom. The molecule has 0 saturated carbocycles. The van der Waals surface area contributed by atoms with E-state index < -0.39 is 11.2 Å². The number of ether oxygens (including phenoxy) is 2. The Labute approximate surface area is 150 Å². The number of alkyl halides is 1. The zero-order valence-electron chi connectivity index (χ0n) is 14.5. The van der Waals surface area contributed by atoms with Crippen LogP contribution in [0.2, 0.25) is 0 Å². The van der Waals surface area contributed by atoms with Crippen molar-refractivity contribution in [3.05, 3.63) is 30.1 Å². The Morgan fingerprint density at radius 1 is 1.36 bits per heavy atom. The van der Waals surface area contributed by atoms with Crippen LogP contribution in [-0.2, 0) is 4.74 Å². The van der Waals surface area contributed by atoms with Crippen LogP contribution in [0.25, 0.3) is 11.4 Å². The number of rotatable bonds is 8. The molecule has 1 aromatic heterocycles. The normalized spacial score (nSPS) is 11.6. The van der Waals surface area contributed by atoms with Crippen LogP contribution in [-0.4, -0.2) is 46.4 Å². The SMILES string of the molecule is CCOCCOc1nc(-c2cccc(F)c2)n(C(=O)C(C)(C)CCl)n1. The van der Waals surface area contributed by atoms with Gasteiger partial charge in [0.25, 0.3) is 5.91 Å². The van der Waals surface area contributed by atoms with E-state index >= 15 is 0 Å². The molecule has 1 aromatic carbocycles. The summed E-state index contributed by atoms with van der Waals surface area (Å²) in [6.07, 6.45) is 0. The van der Waals surface area contributed by atoms with Crippen LogP contribution in [0.4, 0.5) is 4.39 Å². The second kappa shape index (κ2) is 8.40. The first kappa shape index (κ1) is 19.3. The molecular formula is C17H21ClFN3O3. The van der Waals surface area contributed by atoms with E-state index in [1.54, 1.807) is 19.9 Å². The van der Waals surface area contributed by atoms with Gasteiger partial charge in [0.15, 0.2) is 5.82 Å². The van der Waals surface area contributed by atoms with Crippen molar-refractivity contribution in [3.8, 4) is 17.4 Å². The number of hydrogen-bond donors (Lipinski definition) is 0. The van der Waals surface area contributed by atoms with Crippen LogP contribution < -0.4 is 4.74 Å². The average molecular weight is 370 g/mol. The first-order chi connectivity index (χ1) is 11.9. The van der Waals surface area contributed by atoms with E-state index in [1.165, 1.54) is 18.2 Å². The molecule has 8 heteroatoms. The third-order valence-electron chi connectivity index (χ3n) is 3.44. The van der Waals surface area contributed by atoms with Crippen LogP contribution in [0.1, 0.15) is 25.6 Å². The van der Waals surface area contributed by atoms with E-state index in [9.17, 15) is 9.18 Å². The molecule has 2 rings (SSSR count). The van der Waals surface area contributed by atoms with Gasteiger partial charge in [-0.3, -0.25) is 4.79 Å². The molecule has 2 aromatic rings. The molecule has 0 N–H and O–H groups in total. The van der Waals surface area contributed by atoms with Crippen molar-refractivity contribution in [1.82, 2.24) is 14.8 Å². The maximum absolute atomic E-state index is 13.6. The molecule has 0 aliphatic carbocycles. The van der Waals surface area contributed by atoms with Crippen LogP contribution in [0.3, 0.4) is 0 Å². The van der Waals surface area contributed by atoms with Crippen molar-refractivity contribution in [3.63, 3.8) is 0 Å². The van der Waals surface area contributed by atoms with Gasteiger partial charge in [0.05, 0.1) is 12.0 Å². The lowest BCUT2D eigenvalue weighted by Crippen LogP contribution is -2.32. The first-order valence-corrected chi connectivity index (χ1v) is 8.47. The minimum Gasteiger partial charge on any atom is -0.460 e. The third kappa shape index (κ3) is 4.76. The van der Waals surface area contributed by atoms with E-state index in [0.717, 1.165) is 4.68 Å². The molecule has 136 valence electrons. The maximum Gasteiger partial charge on any atom is 0.336 e. The second-order valence-electron chi connectivity index (χ2n) is 6.01. The molecule has 0 bridgehead atoms. The maximum atomic E-state index is 13.6. The van der Waals surface area contributed by atoms with Gasteiger partial charge in [-0.15, -0.1) is 16.7 Å². The van der Waals surface area contributed by atoms with E-state index in [2.05, 4.69) is 10.1 Å². The predicted molar refractivity (Wildman–Crippen MR) is 92.5 cm³/mol.